The molecule has 0 bridgehead atoms. The van der Waals surface area contributed by atoms with E-state index < -0.39 is 0 Å². The van der Waals surface area contributed by atoms with Crippen molar-refractivity contribution in [2.75, 3.05) is 7.11 Å². The minimum absolute atomic E-state index is 0.0215. The molecule has 0 radical (unpaired) electrons. The molecule has 0 aliphatic rings. The largest absolute Gasteiger partial charge is 0.481 e. The van der Waals surface area contributed by atoms with E-state index in [1.807, 2.05) is 0 Å². The second-order valence-electron chi connectivity index (χ2n) is 2.03. The van der Waals surface area contributed by atoms with Crippen molar-refractivity contribution in [3.8, 4) is 5.88 Å². The molecule has 0 saturated carbocycles. The van der Waals surface area contributed by atoms with Crippen LogP contribution in [0.15, 0.2) is 11.1 Å². The first kappa shape index (κ1) is 8.69. The van der Waals surface area contributed by atoms with Gasteiger partial charge in [0.15, 0.2) is 0 Å². The summed E-state index contributed by atoms with van der Waals surface area (Å²) < 4.78 is 4.81. The van der Waals surface area contributed by atoms with E-state index in [-0.39, 0.29) is 23.6 Å². The maximum absolute atomic E-state index is 11.1. The highest BCUT2D eigenvalue weighted by atomic mass is 16.6. The molecule has 1 aromatic rings. The molecule has 3 N–H and O–H groups in total. The average molecular weight is 171 g/mol. The number of methoxy groups -OCH3 is 1. The van der Waals surface area contributed by atoms with Gasteiger partial charge < -0.3 is 9.72 Å². The van der Waals surface area contributed by atoms with Crippen molar-refractivity contribution in [2.24, 2.45) is 5.90 Å². The molecule has 0 unspecified atom stereocenters. The van der Waals surface area contributed by atoms with Crippen LogP contribution >= 0.6 is 0 Å². The molecule has 0 aliphatic heterocycles. The Kier molecular flexibility index (Phi) is 2.78. The lowest BCUT2D eigenvalue weighted by molar-refractivity contribution is 0.120. The number of nitrogens with zero attached hydrogens (tertiary/aromatic N) is 1. The van der Waals surface area contributed by atoms with Crippen LogP contribution in [0.1, 0.15) is 5.56 Å². The van der Waals surface area contributed by atoms with Gasteiger partial charge in [0.05, 0.1) is 13.4 Å². The highest BCUT2D eigenvalue weighted by Crippen LogP contribution is 2.07. The number of hydrogen-bond donors (Lipinski definition) is 2. The van der Waals surface area contributed by atoms with Gasteiger partial charge >= 0.3 is 0 Å². The Labute approximate surface area is 68.3 Å². The molecule has 0 aromatic carbocycles. The molecule has 0 amide bonds. The Morgan fingerprint density at radius 1 is 1.75 bits per heavy atom. The van der Waals surface area contributed by atoms with Crippen LogP contribution < -0.4 is 16.2 Å². The summed E-state index contributed by atoms with van der Waals surface area (Å²) >= 11 is 0. The van der Waals surface area contributed by atoms with E-state index in [1.54, 1.807) is 0 Å². The summed E-state index contributed by atoms with van der Waals surface area (Å²) in [7, 11) is 1.42. The molecule has 0 saturated heterocycles. The van der Waals surface area contributed by atoms with E-state index in [9.17, 15) is 4.79 Å². The fraction of sp³-hybridized carbons (Fsp3) is 0.333. The van der Waals surface area contributed by atoms with E-state index in [2.05, 4.69) is 14.8 Å². The fourth-order valence-electron chi connectivity index (χ4n) is 0.798. The lowest BCUT2D eigenvalue weighted by Gasteiger charge is -2.02. The molecule has 1 heterocycles. The van der Waals surface area contributed by atoms with Crippen molar-refractivity contribution in [1.82, 2.24) is 9.97 Å². The van der Waals surface area contributed by atoms with Crippen molar-refractivity contribution in [3.05, 3.63) is 22.2 Å². The first-order valence-corrected chi connectivity index (χ1v) is 3.21. The van der Waals surface area contributed by atoms with E-state index in [0.717, 1.165) is 0 Å². The van der Waals surface area contributed by atoms with Crippen molar-refractivity contribution in [2.45, 2.75) is 6.61 Å². The predicted molar refractivity (Wildman–Crippen MR) is 40.4 cm³/mol. The van der Waals surface area contributed by atoms with Gasteiger partial charge in [-0.1, -0.05) is 0 Å². The Morgan fingerprint density at radius 2 is 2.50 bits per heavy atom. The summed E-state index contributed by atoms with van der Waals surface area (Å²) in [5.41, 5.74) is -0.0326. The summed E-state index contributed by atoms with van der Waals surface area (Å²) in [6.07, 6.45) is 1.25. The highest BCUT2D eigenvalue weighted by molar-refractivity contribution is 5.20. The van der Waals surface area contributed by atoms with Gasteiger partial charge in [-0.2, -0.15) is 0 Å². The number of rotatable bonds is 3. The van der Waals surface area contributed by atoms with Crippen molar-refractivity contribution in [3.63, 3.8) is 0 Å². The number of hydrogen-bond acceptors (Lipinski definition) is 5. The normalized spacial score (nSPS) is 9.83. The molecular weight excluding hydrogens is 162 g/mol. The minimum Gasteiger partial charge on any atom is -0.481 e. The third-order valence-electron chi connectivity index (χ3n) is 1.33. The molecule has 0 fully saturated rings. The topological polar surface area (TPSA) is 90.2 Å². The number of aromatic nitrogens is 2. The molecule has 0 atom stereocenters. The van der Waals surface area contributed by atoms with Crippen LogP contribution in [0.3, 0.4) is 0 Å². The van der Waals surface area contributed by atoms with Gasteiger partial charge in [-0.25, -0.2) is 10.9 Å². The molecule has 0 aliphatic carbocycles. The standard InChI is InChI=1S/C6H9N3O3/c1-11-6-4(2-12-7)5(10)8-3-9-6/h3H,2,7H2,1H3,(H,8,9,10). The number of H-pyrrole nitrogens is 1. The monoisotopic (exact) mass is 171 g/mol. The SMILES string of the molecule is COc1nc[nH]c(=O)c1CON. The third-order valence-corrected chi connectivity index (χ3v) is 1.33. The average Bonchev–Trinajstić information content (AvgIpc) is 2.09. The van der Waals surface area contributed by atoms with Crippen LogP contribution in [0.4, 0.5) is 0 Å². The van der Waals surface area contributed by atoms with Crippen LogP contribution in [0.5, 0.6) is 5.88 Å². The Balaban J connectivity index is 3.11. The van der Waals surface area contributed by atoms with Gasteiger partial charge in [0.2, 0.25) is 5.88 Å². The van der Waals surface area contributed by atoms with E-state index in [0.29, 0.717) is 0 Å². The van der Waals surface area contributed by atoms with Crippen molar-refractivity contribution in [1.29, 1.82) is 0 Å². The van der Waals surface area contributed by atoms with Gasteiger partial charge in [-0.15, -0.1) is 0 Å². The fourth-order valence-corrected chi connectivity index (χ4v) is 0.798. The van der Waals surface area contributed by atoms with Crippen LogP contribution in [0.2, 0.25) is 0 Å². The Hall–Kier alpha value is -1.40. The number of nitrogens with two attached hydrogens (primary N) is 1. The molecule has 12 heavy (non-hydrogen) atoms. The maximum Gasteiger partial charge on any atom is 0.260 e. The van der Waals surface area contributed by atoms with Crippen LogP contribution in [-0.2, 0) is 11.4 Å². The lowest BCUT2D eigenvalue weighted by Crippen LogP contribution is -2.17. The molecule has 6 heteroatoms. The zero-order valence-corrected chi connectivity index (χ0v) is 6.53. The highest BCUT2D eigenvalue weighted by Gasteiger charge is 2.07. The van der Waals surface area contributed by atoms with Crippen LogP contribution in [0, 0.1) is 0 Å². The smallest absolute Gasteiger partial charge is 0.260 e. The Morgan fingerprint density at radius 3 is 3.08 bits per heavy atom. The second kappa shape index (κ2) is 3.84. The summed E-state index contributed by atoms with van der Waals surface area (Å²) in [5.74, 6) is 5.04. The van der Waals surface area contributed by atoms with Crippen molar-refractivity contribution < 1.29 is 9.57 Å². The first-order valence-electron chi connectivity index (χ1n) is 3.21. The quantitative estimate of drug-likeness (QED) is 0.579. The first-order chi connectivity index (χ1) is 5.79. The van der Waals surface area contributed by atoms with Crippen LogP contribution in [-0.4, -0.2) is 17.1 Å². The van der Waals surface area contributed by atoms with Crippen LogP contribution in [0.25, 0.3) is 0 Å². The summed E-state index contributed by atoms with van der Waals surface area (Å²) in [5, 5.41) is 0. The van der Waals surface area contributed by atoms with Gasteiger partial charge in [-0.3, -0.25) is 9.63 Å². The predicted octanol–water partition coefficient (Wildman–Crippen LogP) is -0.831. The molecule has 66 valence electrons. The Bertz CT molecular complexity index is 309. The lowest BCUT2D eigenvalue weighted by atomic mass is 10.3. The van der Waals surface area contributed by atoms with E-state index in [1.165, 1.54) is 13.4 Å². The molecule has 1 aromatic heterocycles. The van der Waals surface area contributed by atoms with E-state index in [4.69, 9.17) is 10.6 Å². The maximum atomic E-state index is 11.1. The van der Waals surface area contributed by atoms with Gasteiger partial charge in [0.25, 0.3) is 5.56 Å². The number of aromatic amines is 1. The summed E-state index contributed by atoms with van der Waals surface area (Å²) in [4.78, 5) is 21.5. The molecular formula is C6H9N3O3. The zero-order chi connectivity index (χ0) is 8.97. The molecule has 6 nitrogen and oxygen atoms in total. The zero-order valence-electron chi connectivity index (χ0n) is 6.53. The van der Waals surface area contributed by atoms with Gasteiger partial charge in [0.1, 0.15) is 12.2 Å². The molecule has 0 spiro atoms. The van der Waals surface area contributed by atoms with E-state index >= 15 is 0 Å². The number of nitrogens with one attached hydrogen (secondary N) is 1. The number of ether oxygens (including phenoxy) is 1. The summed E-state index contributed by atoms with van der Waals surface area (Å²) in [6, 6.07) is 0. The van der Waals surface area contributed by atoms with Gasteiger partial charge in [-0.05, 0) is 0 Å². The van der Waals surface area contributed by atoms with Crippen molar-refractivity contribution >= 4 is 0 Å². The molecule has 1 rings (SSSR count). The summed E-state index contributed by atoms with van der Waals surface area (Å²) in [6.45, 7) is -0.0215. The minimum atomic E-state index is -0.313. The second-order valence-corrected chi connectivity index (χ2v) is 2.03. The van der Waals surface area contributed by atoms with Gasteiger partial charge in [0, 0.05) is 0 Å². The third kappa shape index (κ3) is 1.60.